The molecule has 0 aromatic rings. The third kappa shape index (κ3) is 3.01. The molecule has 0 bridgehead atoms. The van der Waals surface area contributed by atoms with Crippen LogP contribution in [0.5, 0.6) is 0 Å². The first-order valence-electron chi connectivity index (χ1n) is 6.67. The first kappa shape index (κ1) is 16.2. The SMILES string of the molecule is CCC#CC[C@@]1(C(=O)OC)C(=O)CC[C@@H]1CC(=O)OC. The Morgan fingerprint density at radius 2 is 2.00 bits per heavy atom. The van der Waals surface area contributed by atoms with E-state index in [9.17, 15) is 14.4 Å². The number of rotatable bonds is 4. The summed E-state index contributed by atoms with van der Waals surface area (Å²) in [6.07, 6.45) is 1.54. The van der Waals surface area contributed by atoms with E-state index in [1.54, 1.807) is 0 Å². The first-order chi connectivity index (χ1) is 9.52. The number of methoxy groups -OCH3 is 2. The van der Waals surface area contributed by atoms with Gasteiger partial charge in [-0.25, -0.2) is 0 Å². The topological polar surface area (TPSA) is 69.7 Å². The summed E-state index contributed by atoms with van der Waals surface area (Å²) in [6, 6.07) is 0. The summed E-state index contributed by atoms with van der Waals surface area (Å²) in [7, 11) is 2.54. The van der Waals surface area contributed by atoms with E-state index in [0.717, 1.165) is 0 Å². The highest BCUT2D eigenvalue weighted by Gasteiger charge is 2.56. The van der Waals surface area contributed by atoms with Crippen LogP contribution in [-0.2, 0) is 23.9 Å². The van der Waals surface area contributed by atoms with Crippen molar-refractivity contribution < 1.29 is 23.9 Å². The van der Waals surface area contributed by atoms with Gasteiger partial charge in [-0.05, 0) is 12.3 Å². The fourth-order valence-corrected chi connectivity index (χ4v) is 2.67. The normalized spacial score (nSPS) is 24.8. The summed E-state index contributed by atoms with van der Waals surface area (Å²) >= 11 is 0. The van der Waals surface area contributed by atoms with E-state index in [1.165, 1.54) is 14.2 Å². The minimum atomic E-state index is -1.31. The van der Waals surface area contributed by atoms with Crippen LogP contribution in [0.3, 0.4) is 0 Å². The fourth-order valence-electron chi connectivity index (χ4n) is 2.67. The van der Waals surface area contributed by atoms with E-state index in [2.05, 4.69) is 16.6 Å². The highest BCUT2D eigenvalue weighted by atomic mass is 16.5. The number of esters is 2. The molecule has 1 aliphatic rings. The highest BCUT2D eigenvalue weighted by Crippen LogP contribution is 2.46. The second-order valence-corrected chi connectivity index (χ2v) is 4.79. The van der Waals surface area contributed by atoms with E-state index in [-0.39, 0.29) is 25.0 Å². The van der Waals surface area contributed by atoms with Crippen LogP contribution in [-0.4, -0.2) is 31.9 Å². The van der Waals surface area contributed by atoms with Gasteiger partial charge in [0, 0.05) is 25.7 Å². The molecule has 0 aromatic carbocycles. The zero-order valence-electron chi connectivity index (χ0n) is 12.2. The average Bonchev–Trinajstić information content (AvgIpc) is 2.76. The van der Waals surface area contributed by atoms with E-state index in [4.69, 9.17) is 4.74 Å². The Morgan fingerprint density at radius 1 is 1.30 bits per heavy atom. The molecule has 0 heterocycles. The predicted molar refractivity (Wildman–Crippen MR) is 71.5 cm³/mol. The number of carbonyl (C=O) groups excluding carboxylic acids is 3. The van der Waals surface area contributed by atoms with E-state index < -0.39 is 23.3 Å². The molecule has 0 unspecified atom stereocenters. The van der Waals surface area contributed by atoms with Crippen molar-refractivity contribution in [3.8, 4) is 11.8 Å². The van der Waals surface area contributed by atoms with E-state index >= 15 is 0 Å². The number of carbonyl (C=O) groups is 3. The maximum absolute atomic E-state index is 12.3. The molecule has 0 N–H and O–H groups in total. The molecule has 20 heavy (non-hydrogen) atoms. The van der Waals surface area contributed by atoms with Gasteiger partial charge >= 0.3 is 11.9 Å². The van der Waals surface area contributed by atoms with Gasteiger partial charge in [0.05, 0.1) is 14.2 Å². The van der Waals surface area contributed by atoms with Crippen LogP contribution in [0.1, 0.15) is 39.0 Å². The summed E-state index contributed by atoms with van der Waals surface area (Å²) < 4.78 is 9.45. The van der Waals surface area contributed by atoms with Crippen molar-refractivity contribution in [2.45, 2.75) is 39.0 Å². The second-order valence-electron chi connectivity index (χ2n) is 4.79. The minimum absolute atomic E-state index is 0.0329. The van der Waals surface area contributed by atoms with Gasteiger partial charge in [-0.3, -0.25) is 14.4 Å². The van der Waals surface area contributed by atoms with Crippen LogP contribution < -0.4 is 0 Å². The van der Waals surface area contributed by atoms with E-state index in [0.29, 0.717) is 12.8 Å². The van der Waals surface area contributed by atoms with Crippen LogP contribution in [0.4, 0.5) is 0 Å². The predicted octanol–water partition coefficient (Wildman–Crippen LogP) is 1.49. The molecule has 5 nitrogen and oxygen atoms in total. The van der Waals surface area contributed by atoms with Gasteiger partial charge in [-0.15, -0.1) is 11.8 Å². The summed E-state index contributed by atoms with van der Waals surface area (Å²) in [5.41, 5.74) is -1.31. The zero-order chi connectivity index (χ0) is 15.2. The molecule has 1 rings (SSSR count). The third-order valence-electron chi connectivity index (χ3n) is 3.77. The zero-order valence-corrected chi connectivity index (χ0v) is 12.2. The molecular formula is C15H20O5. The van der Waals surface area contributed by atoms with Gasteiger partial charge < -0.3 is 9.47 Å². The second kappa shape index (κ2) is 7.09. The van der Waals surface area contributed by atoms with Crippen LogP contribution in [0.25, 0.3) is 0 Å². The Bertz CT molecular complexity index is 457. The molecule has 110 valence electrons. The Kier molecular flexibility index (Phi) is 5.75. The molecule has 0 radical (unpaired) electrons. The Labute approximate surface area is 119 Å². The van der Waals surface area contributed by atoms with Gasteiger partial charge in [0.25, 0.3) is 0 Å². The van der Waals surface area contributed by atoms with E-state index in [1.807, 2.05) is 6.92 Å². The van der Waals surface area contributed by atoms with Gasteiger partial charge in [0.2, 0.25) is 0 Å². The number of ketones is 1. The number of hydrogen-bond donors (Lipinski definition) is 0. The molecule has 1 saturated carbocycles. The molecule has 5 heteroatoms. The standard InChI is InChI=1S/C15H20O5/c1-4-5-6-9-15(14(18)20-3)11(7-8-12(15)16)10-13(17)19-2/h11H,4,7-10H2,1-3H3/t11-,15+/m1/s1. The van der Waals surface area contributed by atoms with Gasteiger partial charge in [-0.2, -0.15) is 0 Å². The molecular weight excluding hydrogens is 260 g/mol. The maximum Gasteiger partial charge on any atom is 0.320 e. The largest absolute Gasteiger partial charge is 0.469 e. The molecule has 0 saturated heterocycles. The number of ether oxygens (including phenoxy) is 2. The lowest BCUT2D eigenvalue weighted by atomic mass is 9.73. The minimum Gasteiger partial charge on any atom is -0.469 e. The number of Topliss-reactive ketones (excluding diaryl/α,β-unsaturated/α-hetero) is 1. The van der Waals surface area contributed by atoms with Crippen molar-refractivity contribution in [3.05, 3.63) is 0 Å². The molecule has 0 aromatic heterocycles. The summed E-state index contributed by atoms with van der Waals surface area (Å²) in [6.45, 7) is 1.89. The molecule has 1 fully saturated rings. The van der Waals surface area contributed by atoms with Crippen molar-refractivity contribution in [1.82, 2.24) is 0 Å². The van der Waals surface area contributed by atoms with Crippen LogP contribution in [0.2, 0.25) is 0 Å². The smallest absolute Gasteiger partial charge is 0.320 e. The van der Waals surface area contributed by atoms with Gasteiger partial charge in [0.1, 0.15) is 5.41 Å². The monoisotopic (exact) mass is 280 g/mol. The highest BCUT2D eigenvalue weighted by molar-refractivity contribution is 6.06. The molecule has 0 amide bonds. The van der Waals surface area contributed by atoms with Crippen molar-refractivity contribution in [2.75, 3.05) is 14.2 Å². The molecule has 1 aliphatic carbocycles. The van der Waals surface area contributed by atoms with Gasteiger partial charge in [0.15, 0.2) is 5.78 Å². The third-order valence-corrected chi connectivity index (χ3v) is 3.77. The maximum atomic E-state index is 12.3. The van der Waals surface area contributed by atoms with Crippen molar-refractivity contribution in [1.29, 1.82) is 0 Å². The van der Waals surface area contributed by atoms with Crippen molar-refractivity contribution in [2.24, 2.45) is 11.3 Å². The van der Waals surface area contributed by atoms with Crippen LogP contribution in [0.15, 0.2) is 0 Å². The number of hydrogen-bond acceptors (Lipinski definition) is 5. The van der Waals surface area contributed by atoms with Crippen LogP contribution >= 0.6 is 0 Å². The molecule has 0 aliphatic heterocycles. The lowest BCUT2D eigenvalue weighted by Gasteiger charge is -2.28. The average molecular weight is 280 g/mol. The lowest BCUT2D eigenvalue weighted by molar-refractivity contribution is -0.160. The quantitative estimate of drug-likeness (QED) is 0.443. The summed E-state index contributed by atoms with van der Waals surface area (Å²) in [5, 5.41) is 0. The Morgan fingerprint density at radius 3 is 2.55 bits per heavy atom. The molecule has 0 spiro atoms. The summed E-state index contributed by atoms with van der Waals surface area (Å²) in [5.74, 6) is 4.10. The fraction of sp³-hybridized carbons (Fsp3) is 0.667. The van der Waals surface area contributed by atoms with Crippen molar-refractivity contribution in [3.63, 3.8) is 0 Å². The summed E-state index contributed by atoms with van der Waals surface area (Å²) in [4.78, 5) is 35.9. The Hall–Kier alpha value is -1.83. The first-order valence-corrected chi connectivity index (χ1v) is 6.67. The van der Waals surface area contributed by atoms with Gasteiger partial charge in [-0.1, -0.05) is 6.92 Å². The molecule has 2 atom stereocenters. The lowest BCUT2D eigenvalue weighted by Crippen LogP contribution is -2.42. The van der Waals surface area contributed by atoms with Crippen molar-refractivity contribution >= 4 is 17.7 Å². The Balaban J connectivity index is 3.10. The van der Waals surface area contributed by atoms with Crippen LogP contribution in [0, 0.1) is 23.2 Å².